The number of hydrogen-bond acceptors (Lipinski definition) is 14. The average Bonchev–Trinajstić information content (AvgIpc) is 3.63. The van der Waals surface area contributed by atoms with Gasteiger partial charge in [-0.3, -0.25) is 4.79 Å². The third-order valence-corrected chi connectivity index (χ3v) is 12.7. The molecular formula is C39H49Ac2NO13S. The summed E-state index contributed by atoms with van der Waals surface area (Å²) in [7, 11) is 0. The quantitative estimate of drug-likeness (QED) is 0.134. The SMILES string of the molecule is CC1=C2[C@@H](O)C(=O)[C@@]3(C)[C@H]([C@H](OC(=O)c4ccccc4)[C@](O)(CC1OC(=O)[C@H](O)[C@@H](NC(=O)OC(C)(C)C)c1ccsc1)C2(C)C)[C@]1(O)CO[C@@H]1C[C@@H]3O.[Ac].[Ac]. The predicted molar refractivity (Wildman–Crippen MR) is 192 cm³/mol. The van der Waals surface area contributed by atoms with E-state index in [2.05, 4.69) is 5.32 Å². The Labute approximate surface area is 401 Å². The Morgan fingerprint density at radius 3 is 2.21 bits per heavy atom. The monoisotopic (exact) mass is 1230 g/mol. The van der Waals surface area contributed by atoms with Crippen LogP contribution in [0.15, 0.2) is 58.3 Å². The first-order valence-corrected chi connectivity index (χ1v) is 18.9. The van der Waals surface area contributed by atoms with Crippen molar-refractivity contribution in [2.45, 2.75) is 121 Å². The Hall–Kier alpha value is -0.817. The van der Waals surface area contributed by atoms with E-state index in [9.17, 15) is 44.7 Å². The molecule has 1 amide bonds. The van der Waals surface area contributed by atoms with Crippen molar-refractivity contribution in [2.75, 3.05) is 6.61 Å². The summed E-state index contributed by atoms with van der Waals surface area (Å²) < 4.78 is 23.1. The number of rotatable bonds is 7. The van der Waals surface area contributed by atoms with Gasteiger partial charge in [-0.15, -0.1) is 0 Å². The summed E-state index contributed by atoms with van der Waals surface area (Å²) in [5, 5.41) is 66.3. The summed E-state index contributed by atoms with van der Waals surface area (Å²) >= 11 is 1.26. The summed E-state index contributed by atoms with van der Waals surface area (Å²) in [6.45, 7) is 10.6. The minimum absolute atomic E-state index is 0. The van der Waals surface area contributed by atoms with Gasteiger partial charge in [0, 0.05) is 112 Å². The number of thiophene rings is 1. The van der Waals surface area contributed by atoms with Crippen LogP contribution >= 0.6 is 11.3 Å². The number of nitrogens with one attached hydrogen (secondary N) is 1. The van der Waals surface area contributed by atoms with E-state index in [0.717, 1.165) is 0 Å². The van der Waals surface area contributed by atoms with Crippen molar-refractivity contribution in [3.8, 4) is 0 Å². The van der Waals surface area contributed by atoms with Crippen LogP contribution in [-0.4, -0.2) is 109 Å². The smallest absolute Gasteiger partial charge is 0.408 e. The molecule has 2 radical (unpaired) electrons. The molecule has 1 aromatic heterocycles. The van der Waals surface area contributed by atoms with Gasteiger partial charge in [-0.25, -0.2) is 14.4 Å². The fourth-order valence-corrected chi connectivity index (χ4v) is 9.65. The molecule has 6 N–H and O–H groups in total. The maximum atomic E-state index is 14.7. The summed E-state index contributed by atoms with van der Waals surface area (Å²) in [5.41, 5.74) is -8.01. The molecule has 1 saturated heterocycles. The van der Waals surface area contributed by atoms with Crippen LogP contribution in [0.2, 0.25) is 0 Å². The Bertz CT molecular complexity index is 1830. The largest absolute Gasteiger partial charge is 0.456 e. The summed E-state index contributed by atoms with van der Waals surface area (Å²) in [4.78, 5) is 55.3. The van der Waals surface area contributed by atoms with Crippen molar-refractivity contribution in [3.63, 3.8) is 0 Å². The average molecular weight is 1230 g/mol. The fourth-order valence-electron chi connectivity index (χ4n) is 8.95. The van der Waals surface area contributed by atoms with Gasteiger partial charge in [0.1, 0.15) is 35.1 Å². The standard InChI is InChI=1S/C39H49NO13S.2Ac/c1-19-22(51-33(46)28(43)26(21-13-14-54-17-21)40-34(47)53-35(2,3)4)16-39(49)31(52-32(45)20-11-9-8-10-12-20)29-37(7,23(41)15-24-38(29,48)18-50-24)30(44)27(42)25(19)36(39,5)6;;/h8-14,17,22-24,26-29,31,41-43,48-49H,15-16,18H2,1-7H3,(H,40,47);;/t22?,23-,24+,26-,27+,28+,29-,31-,37+,38-,39+;;/m0../s1. The van der Waals surface area contributed by atoms with Crippen molar-refractivity contribution < 1.29 is 152 Å². The topological polar surface area (TPSA) is 218 Å². The molecule has 0 spiro atoms. The van der Waals surface area contributed by atoms with Gasteiger partial charge in [0.25, 0.3) is 0 Å². The van der Waals surface area contributed by atoms with Gasteiger partial charge in [0.2, 0.25) is 0 Å². The van der Waals surface area contributed by atoms with Crippen LogP contribution in [0.1, 0.15) is 83.3 Å². The number of ether oxygens (including phenoxy) is 4. The van der Waals surface area contributed by atoms with E-state index in [1.54, 1.807) is 69.6 Å². The van der Waals surface area contributed by atoms with Crippen molar-refractivity contribution in [1.82, 2.24) is 5.32 Å². The fraction of sp³-hybridized carbons (Fsp3) is 0.590. The molecule has 1 unspecified atom stereocenters. The Morgan fingerprint density at radius 2 is 1.66 bits per heavy atom. The molecule has 2 bridgehead atoms. The third kappa shape index (κ3) is 8.16. The second-order valence-corrected chi connectivity index (χ2v) is 17.4. The van der Waals surface area contributed by atoms with Gasteiger partial charge in [-0.2, -0.15) is 11.3 Å². The van der Waals surface area contributed by atoms with Crippen LogP contribution in [0.3, 0.4) is 0 Å². The molecule has 2 aromatic rings. The zero-order chi connectivity index (χ0) is 39.8. The van der Waals surface area contributed by atoms with Gasteiger partial charge < -0.3 is 49.8 Å². The van der Waals surface area contributed by atoms with Gasteiger partial charge in [0.05, 0.1) is 35.8 Å². The molecule has 11 atom stereocenters. The summed E-state index contributed by atoms with van der Waals surface area (Å²) in [6.07, 6.45) is -11.2. The van der Waals surface area contributed by atoms with Crippen molar-refractivity contribution in [1.29, 1.82) is 0 Å². The number of benzene rings is 1. The maximum absolute atomic E-state index is 14.7. The normalized spacial score (nSPS) is 34.2. The second kappa shape index (κ2) is 17.3. The van der Waals surface area contributed by atoms with E-state index in [4.69, 9.17) is 18.9 Å². The molecule has 2 heterocycles. The van der Waals surface area contributed by atoms with Crippen LogP contribution in [0.25, 0.3) is 0 Å². The number of amides is 1. The zero-order valence-corrected chi connectivity index (χ0v) is 42.7. The number of ketones is 1. The molecule has 1 aromatic carbocycles. The molecule has 3 fully saturated rings. The molecule has 3 aliphatic carbocycles. The van der Waals surface area contributed by atoms with Gasteiger partial charge in [0.15, 0.2) is 11.9 Å². The number of fused-ring (bicyclic) bond motifs is 5. The number of aliphatic hydroxyl groups excluding tert-OH is 3. The molecule has 2 saturated carbocycles. The predicted octanol–water partition coefficient (Wildman–Crippen LogP) is 2.75. The molecule has 300 valence electrons. The first kappa shape index (κ1) is 47.9. The van der Waals surface area contributed by atoms with Crippen molar-refractivity contribution in [3.05, 3.63) is 69.4 Å². The van der Waals surface area contributed by atoms with E-state index in [-0.39, 0.29) is 118 Å². The zero-order valence-electron chi connectivity index (χ0n) is 32.4. The molecule has 14 nitrogen and oxygen atoms in total. The molecule has 6 rings (SSSR count). The number of Topliss-reactive ketones (excluding diaryl/α,β-unsaturated/α-hetero) is 1. The molecule has 1 aliphatic heterocycles. The van der Waals surface area contributed by atoms with Gasteiger partial charge in [-0.05, 0) is 80.3 Å². The van der Waals surface area contributed by atoms with E-state index >= 15 is 0 Å². The minimum Gasteiger partial charge on any atom is -0.456 e. The van der Waals surface area contributed by atoms with Crippen LogP contribution in [0.5, 0.6) is 0 Å². The van der Waals surface area contributed by atoms with Crippen LogP contribution < -0.4 is 5.32 Å². The number of esters is 2. The van der Waals surface area contributed by atoms with Crippen LogP contribution in [-0.2, 0) is 28.5 Å². The van der Waals surface area contributed by atoms with E-state index in [1.165, 1.54) is 37.3 Å². The third-order valence-electron chi connectivity index (χ3n) is 12.0. The molecule has 56 heavy (non-hydrogen) atoms. The Balaban J connectivity index is 0.00000348. The van der Waals surface area contributed by atoms with Gasteiger partial charge in [-0.1, -0.05) is 32.0 Å². The van der Waals surface area contributed by atoms with Crippen molar-refractivity contribution >= 4 is 35.2 Å². The van der Waals surface area contributed by atoms with E-state index < -0.39 is 106 Å². The van der Waals surface area contributed by atoms with Crippen LogP contribution in [0.4, 0.5) is 4.79 Å². The number of aliphatic hydroxyl groups is 5. The summed E-state index contributed by atoms with van der Waals surface area (Å²) in [6, 6.07) is 8.18. The van der Waals surface area contributed by atoms with Crippen molar-refractivity contribution in [2.24, 2.45) is 16.7 Å². The number of carbonyl (C=O) groups excluding carboxylic acids is 4. The number of carbonyl (C=O) groups is 4. The maximum Gasteiger partial charge on any atom is 0.408 e. The number of hydrogen-bond donors (Lipinski definition) is 6. The van der Waals surface area contributed by atoms with Gasteiger partial charge >= 0.3 is 18.0 Å². The van der Waals surface area contributed by atoms with Crippen LogP contribution in [0, 0.1) is 105 Å². The first-order valence-electron chi connectivity index (χ1n) is 17.9. The Morgan fingerprint density at radius 1 is 1.02 bits per heavy atom. The summed E-state index contributed by atoms with van der Waals surface area (Å²) in [5.74, 6) is -4.53. The second-order valence-electron chi connectivity index (χ2n) is 16.7. The Kier molecular flexibility index (Phi) is 14.8. The first-order chi connectivity index (χ1) is 25.1. The minimum atomic E-state index is -2.30. The molecule has 4 aliphatic rings. The molecular weight excluding hydrogens is 1180 g/mol. The molecule has 17 heteroatoms. The van der Waals surface area contributed by atoms with E-state index in [1.807, 2.05) is 0 Å². The number of alkyl carbamates (subject to hydrolysis) is 1. The van der Waals surface area contributed by atoms with E-state index in [0.29, 0.717) is 5.56 Å².